The van der Waals surface area contributed by atoms with Gasteiger partial charge in [0.2, 0.25) is 0 Å². The van der Waals surface area contributed by atoms with Crippen molar-refractivity contribution in [1.82, 2.24) is 9.88 Å². The van der Waals surface area contributed by atoms with Crippen LogP contribution in [0.2, 0.25) is 0 Å². The van der Waals surface area contributed by atoms with Gasteiger partial charge in [0.1, 0.15) is 5.82 Å². The maximum atomic E-state index is 5.76. The fraction of sp³-hybridized carbons (Fsp3) is 0.706. The summed E-state index contributed by atoms with van der Waals surface area (Å²) in [5.74, 6) is 1.49. The van der Waals surface area contributed by atoms with Gasteiger partial charge in [-0.05, 0) is 56.3 Å². The van der Waals surface area contributed by atoms with Crippen LogP contribution in [0.5, 0.6) is 0 Å². The zero-order chi connectivity index (χ0) is 14.0. The van der Waals surface area contributed by atoms with Crippen LogP contribution in [0.4, 0.5) is 5.82 Å². The Morgan fingerprint density at radius 2 is 2.30 bits per heavy atom. The van der Waals surface area contributed by atoms with Crippen LogP contribution in [0.15, 0.2) is 18.3 Å². The SMILES string of the molecule is CCCCN1CCC2CCC[C@]2(c2ccc(N)nc2)C1. The molecule has 2 heterocycles. The lowest BCUT2D eigenvalue weighted by atomic mass is 9.69. The van der Waals surface area contributed by atoms with Gasteiger partial charge in [0, 0.05) is 18.2 Å². The summed E-state index contributed by atoms with van der Waals surface area (Å²) >= 11 is 0. The predicted octanol–water partition coefficient (Wildman–Crippen LogP) is 3.21. The summed E-state index contributed by atoms with van der Waals surface area (Å²) in [5, 5.41) is 0. The third kappa shape index (κ3) is 2.44. The Hall–Kier alpha value is -1.09. The first-order valence-corrected chi connectivity index (χ1v) is 8.19. The quantitative estimate of drug-likeness (QED) is 0.916. The maximum Gasteiger partial charge on any atom is 0.123 e. The van der Waals surface area contributed by atoms with Crippen molar-refractivity contribution in [3.05, 3.63) is 23.9 Å². The number of piperidine rings is 1. The summed E-state index contributed by atoms with van der Waals surface area (Å²) in [7, 11) is 0. The molecule has 2 atom stereocenters. The molecule has 3 rings (SSSR count). The Morgan fingerprint density at radius 3 is 3.05 bits per heavy atom. The van der Waals surface area contributed by atoms with Crippen molar-refractivity contribution in [2.75, 3.05) is 25.4 Å². The number of nitrogen functional groups attached to an aromatic ring is 1. The smallest absolute Gasteiger partial charge is 0.123 e. The summed E-state index contributed by atoms with van der Waals surface area (Å²) in [6.45, 7) is 6.05. The second-order valence-electron chi connectivity index (χ2n) is 6.64. The Morgan fingerprint density at radius 1 is 1.40 bits per heavy atom. The first-order chi connectivity index (χ1) is 9.74. The van der Waals surface area contributed by atoms with Gasteiger partial charge in [0.05, 0.1) is 0 Å². The second-order valence-corrected chi connectivity index (χ2v) is 6.64. The van der Waals surface area contributed by atoms with Crippen LogP contribution in [0.25, 0.3) is 0 Å². The molecule has 0 bridgehead atoms. The highest BCUT2D eigenvalue weighted by molar-refractivity contribution is 5.35. The molecule has 1 saturated heterocycles. The third-order valence-corrected chi connectivity index (χ3v) is 5.45. The van der Waals surface area contributed by atoms with Crippen LogP contribution >= 0.6 is 0 Å². The normalized spacial score (nSPS) is 30.4. The van der Waals surface area contributed by atoms with Crippen LogP contribution < -0.4 is 5.73 Å². The molecule has 1 aromatic heterocycles. The van der Waals surface area contributed by atoms with E-state index in [0.717, 1.165) is 5.92 Å². The molecular weight excluding hydrogens is 246 g/mol. The molecule has 0 aromatic carbocycles. The minimum absolute atomic E-state index is 0.354. The van der Waals surface area contributed by atoms with Gasteiger partial charge in [-0.1, -0.05) is 25.8 Å². The lowest BCUT2D eigenvalue weighted by Crippen LogP contribution is -2.49. The highest BCUT2D eigenvalue weighted by Crippen LogP contribution is 2.50. The van der Waals surface area contributed by atoms with E-state index in [-0.39, 0.29) is 0 Å². The lowest BCUT2D eigenvalue weighted by molar-refractivity contribution is 0.106. The molecule has 2 N–H and O–H groups in total. The predicted molar refractivity (Wildman–Crippen MR) is 83.6 cm³/mol. The van der Waals surface area contributed by atoms with Crippen molar-refractivity contribution < 1.29 is 0 Å². The van der Waals surface area contributed by atoms with Crippen molar-refractivity contribution in [1.29, 1.82) is 0 Å². The number of nitrogens with zero attached hydrogens (tertiary/aromatic N) is 2. The van der Waals surface area contributed by atoms with Crippen molar-refractivity contribution in [2.45, 2.75) is 50.9 Å². The number of pyridine rings is 1. The summed E-state index contributed by atoms with van der Waals surface area (Å²) in [6.07, 6.45) is 10.1. The number of hydrogen-bond acceptors (Lipinski definition) is 3. The Balaban J connectivity index is 1.84. The summed E-state index contributed by atoms with van der Waals surface area (Å²) in [4.78, 5) is 7.04. The van der Waals surface area contributed by atoms with Gasteiger partial charge < -0.3 is 10.6 Å². The number of nitrogens with two attached hydrogens (primary N) is 1. The van der Waals surface area contributed by atoms with E-state index in [1.54, 1.807) is 0 Å². The number of likely N-dealkylation sites (tertiary alicyclic amines) is 1. The number of unbranched alkanes of at least 4 members (excludes halogenated alkanes) is 1. The minimum atomic E-state index is 0.354. The Kier molecular flexibility index (Phi) is 3.97. The standard InChI is InChI=1S/C17H27N3/c1-2-3-10-20-11-8-14-5-4-9-17(14,13-20)15-6-7-16(18)19-12-15/h6-7,12,14H,2-5,8-11,13H2,1H3,(H2,18,19)/t14?,17-/m0/s1. The van der Waals surface area contributed by atoms with Gasteiger partial charge in [-0.25, -0.2) is 4.98 Å². The largest absolute Gasteiger partial charge is 0.384 e. The molecule has 2 aliphatic rings. The number of rotatable bonds is 4. The van der Waals surface area contributed by atoms with Crippen LogP contribution in [-0.2, 0) is 5.41 Å². The fourth-order valence-electron chi connectivity index (χ4n) is 4.33. The van der Waals surface area contributed by atoms with Crippen molar-refractivity contribution in [3.8, 4) is 0 Å². The molecule has 3 heteroatoms. The first-order valence-electron chi connectivity index (χ1n) is 8.19. The molecule has 1 unspecified atom stereocenters. The van der Waals surface area contributed by atoms with E-state index >= 15 is 0 Å². The van der Waals surface area contributed by atoms with Crippen LogP contribution in [0.3, 0.4) is 0 Å². The van der Waals surface area contributed by atoms with Gasteiger partial charge in [0.15, 0.2) is 0 Å². The molecule has 110 valence electrons. The molecule has 1 aromatic rings. The molecule has 1 aliphatic carbocycles. The number of hydrogen-bond donors (Lipinski definition) is 1. The van der Waals surface area contributed by atoms with E-state index < -0.39 is 0 Å². The number of anilines is 1. The minimum Gasteiger partial charge on any atom is -0.384 e. The van der Waals surface area contributed by atoms with Crippen LogP contribution in [-0.4, -0.2) is 29.5 Å². The van der Waals surface area contributed by atoms with E-state index in [2.05, 4.69) is 22.9 Å². The van der Waals surface area contributed by atoms with Gasteiger partial charge in [-0.15, -0.1) is 0 Å². The first kappa shape index (κ1) is 13.9. The number of fused-ring (bicyclic) bond motifs is 1. The maximum absolute atomic E-state index is 5.76. The third-order valence-electron chi connectivity index (χ3n) is 5.45. The van der Waals surface area contributed by atoms with Gasteiger partial charge >= 0.3 is 0 Å². The monoisotopic (exact) mass is 273 g/mol. The molecule has 0 radical (unpaired) electrons. The average Bonchev–Trinajstić information content (AvgIpc) is 2.90. The highest BCUT2D eigenvalue weighted by Gasteiger charge is 2.47. The van der Waals surface area contributed by atoms with Gasteiger partial charge in [-0.3, -0.25) is 0 Å². The zero-order valence-corrected chi connectivity index (χ0v) is 12.6. The zero-order valence-electron chi connectivity index (χ0n) is 12.6. The topological polar surface area (TPSA) is 42.1 Å². The lowest BCUT2D eigenvalue weighted by Gasteiger charge is -2.45. The highest BCUT2D eigenvalue weighted by atomic mass is 15.1. The van der Waals surface area contributed by atoms with Gasteiger partial charge in [-0.2, -0.15) is 0 Å². The molecule has 1 aliphatic heterocycles. The summed E-state index contributed by atoms with van der Waals surface area (Å²) < 4.78 is 0. The summed E-state index contributed by atoms with van der Waals surface area (Å²) in [6, 6.07) is 4.20. The molecule has 20 heavy (non-hydrogen) atoms. The number of aromatic nitrogens is 1. The molecular formula is C17H27N3. The molecule has 1 saturated carbocycles. The fourth-order valence-corrected chi connectivity index (χ4v) is 4.33. The van der Waals surface area contributed by atoms with Crippen LogP contribution in [0, 0.1) is 5.92 Å². The molecule has 2 fully saturated rings. The van der Waals surface area contributed by atoms with Crippen molar-refractivity contribution >= 4 is 5.82 Å². The Bertz CT molecular complexity index is 442. The molecule has 3 nitrogen and oxygen atoms in total. The Labute approximate surface area is 122 Å². The molecule has 0 spiro atoms. The van der Waals surface area contributed by atoms with Crippen LogP contribution in [0.1, 0.15) is 51.0 Å². The van der Waals surface area contributed by atoms with E-state index in [1.807, 2.05) is 12.3 Å². The van der Waals surface area contributed by atoms with Gasteiger partial charge in [0.25, 0.3) is 0 Å². The second kappa shape index (κ2) is 5.72. The molecule has 0 amide bonds. The van der Waals surface area contributed by atoms with Crippen molar-refractivity contribution in [2.24, 2.45) is 5.92 Å². The van der Waals surface area contributed by atoms with E-state index in [0.29, 0.717) is 11.2 Å². The van der Waals surface area contributed by atoms with E-state index in [9.17, 15) is 0 Å². The van der Waals surface area contributed by atoms with E-state index in [1.165, 1.54) is 63.7 Å². The van der Waals surface area contributed by atoms with E-state index in [4.69, 9.17) is 5.73 Å². The summed E-state index contributed by atoms with van der Waals surface area (Å²) in [5.41, 5.74) is 7.54. The average molecular weight is 273 g/mol. The van der Waals surface area contributed by atoms with Crippen molar-refractivity contribution in [3.63, 3.8) is 0 Å².